The standard InChI is InChI=1S/C11H12N4O3/c16-9-5-18-4-8(9)15-11(17)7-3-13-10-6(14-7)1-2-12-10/h1-3,8-9,16H,4-5H2,(H,12,13)(H,15,17)/t8-,9-/m1/s1. The van der Waals surface area contributed by atoms with Crippen molar-refractivity contribution in [3.05, 3.63) is 24.2 Å². The number of hydrogen-bond acceptors (Lipinski definition) is 5. The maximum atomic E-state index is 11.9. The first-order valence-corrected chi connectivity index (χ1v) is 5.61. The second-order valence-electron chi connectivity index (χ2n) is 4.15. The van der Waals surface area contributed by atoms with Crippen LogP contribution in [0.4, 0.5) is 0 Å². The number of aromatic amines is 1. The van der Waals surface area contributed by atoms with Gasteiger partial charge in [-0.25, -0.2) is 9.97 Å². The fraction of sp³-hybridized carbons (Fsp3) is 0.364. The van der Waals surface area contributed by atoms with Crippen LogP contribution < -0.4 is 5.32 Å². The van der Waals surface area contributed by atoms with Crippen LogP contribution in [0.2, 0.25) is 0 Å². The Bertz CT molecular complexity index is 582. The molecule has 0 radical (unpaired) electrons. The van der Waals surface area contributed by atoms with E-state index in [4.69, 9.17) is 4.74 Å². The summed E-state index contributed by atoms with van der Waals surface area (Å²) in [7, 11) is 0. The summed E-state index contributed by atoms with van der Waals surface area (Å²) in [6.07, 6.45) is 2.44. The first kappa shape index (κ1) is 11.1. The maximum Gasteiger partial charge on any atom is 0.271 e. The van der Waals surface area contributed by atoms with Crippen molar-refractivity contribution < 1.29 is 14.6 Å². The van der Waals surface area contributed by atoms with Crippen LogP contribution in [0.15, 0.2) is 18.5 Å². The summed E-state index contributed by atoms with van der Waals surface area (Å²) in [5.41, 5.74) is 1.49. The van der Waals surface area contributed by atoms with Crippen LogP contribution in [0, 0.1) is 0 Å². The van der Waals surface area contributed by atoms with Crippen molar-refractivity contribution in [3.63, 3.8) is 0 Å². The zero-order chi connectivity index (χ0) is 12.5. The van der Waals surface area contributed by atoms with E-state index in [0.29, 0.717) is 17.8 Å². The lowest BCUT2D eigenvalue weighted by atomic mass is 10.2. The Morgan fingerprint density at radius 3 is 3.22 bits per heavy atom. The molecule has 0 aliphatic carbocycles. The van der Waals surface area contributed by atoms with E-state index in [9.17, 15) is 9.90 Å². The number of ether oxygens (including phenoxy) is 1. The number of nitrogens with one attached hydrogen (secondary N) is 2. The summed E-state index contributed by atoms with van der Waals surface area (Å²) in [6.45, 7) is 0.556. The fourth-order valence-electron chi connectivity index (χ4n) is 1.86. The summed E-state index contributed by atoms with van der Waals surface area (Å²) < 4.78 is 5.06. The van der Waals surface area contributed by atoms with Gasteiger partial charge in [-0.2, -0.15) is 0 Å². The molecular weight excluding hydrogens is 236 g/mol. The molecule has 18 heavy (non-hydrogen) atoms. The van der Waals surface area contributed by atoms with E-state index in [1.165, 1.54) is 6.20 Å². The molecule has 0 bridgehead atoms. The molecule has 3 heterocycles. The molecule has 0 unspecified atom stereocenters. The molecular formula is C11H12N4O3. The molecule has 2 atom stereocenters. The van der Waals surface area contributed by atoms with Crippen molar-refractivity contribution in [2.45, 2.75) is 12.1 Å². The van der Waals surface area contributed by atoms with E-state index in [1.807, 2.05) is 0 Å². The van der Waals surface area contributed by atoms with E-state index in [1.54, 1.807) is 12.3 Å². The van der Waals surface area contributed by atoms with Gasteiger partial charge in [0.1, 0.15) is 11.2 Å². The summed E-state index contributed by atoms with van der Waals surface area (Å²) in [5.74, 6) is -0.361. The van der Waals surface area contributed by atoms with Crippen molar-refractivity contribution in [2.24, 2.45) is 0 Å². The summed E-state index contributed by atoms with van der Waals surface area (Å²) in [5, 5.41) is 12.2. The average molecular weight is 248 g/mol. The number of H-pyrrole nitrogens is 1. The number of amides is 1. The predicted molar refractivity (Wildman–Crippen MR) is 62.0 cm³/mol. The van der Waals surface area contributed by atoms with Gasteiger partial charge in [0.2, 0.25) is 0 Å². The lowest BCUT2D eigenvalue weighted by molar-refractivity contribution is 0.0881. The van der Waals surface area contributed by atoms with E-state index in [-0.39, 0.29) is 24.2 Å². The molecule has 2 aromatic heterocycles. The monoisotopic (exact) mass is 248 g/mol. The minimum absolute atomic E-state index is 0.223. The zero-order valence-electron chi connectivity index (χ0n) is 9.46. The highest BCUT2D eigenvalue weighted by atomic mass is 16.5. The lowest BCUT2D eigenvalue weighted by Crippen LogP contribution is -2.42. The lowest BCUT2D eigenvalue weighted by Gasteiger charge is -2.13. The molecule has 3 N–H and O–H groups in total. The molecule has 0 saturated carbocycles. The van der Waals surface area contributed by atoms with Gasteiger partial charge in [-0.3, -0.25) is 4.79 Å². The maximum absolute atomic E-state index is 11.9. The third kappa shape index (κ3) is 1.93. The molecule has 3 rings (SSSR count). The quantitative estimate of drug-likeness (QED) is 0.662. The van der Waals surface area contributed by atoms with Gasteiger partial charge >= 0.3 is 0 Å². The van der Waals surface area contributed by atoms with Gasteiger partial charge in [0.15, 0.2) is 5.65 Å². The second kappa shape index (κ2) is 4.35. The van der Waals surface area contributed by atoms with E-state index < -0.39 is 6.10 Å². The molecule has 1 saturated heterocycles. The van der Waals surface area contributed by atoms with Crippen LogP contribution in [-0.4, -0.2) is 51.3 Å². The molecule has 1 aliphatic rings. The summed E-state index contributed by atoms with van der Waals surface area (Å²) in [6, 6.07) is 1.35. The topological polar surface area (TPSA) is 100 Å². The molecule has 1 aliphatic heterocycles. The molecule has 94 valence electrons. The predicted octanol–water partition coefficient (Wildman–Crippen LogP) is -0.553. The number of carbonyl (C=O) groups excluding carboxylic acids is 1. The third-order valence-electron chi connectivity index (χ3n) is 2.86. The number of hydrogen-bond donors (Lipinski definition) is 3. The van der Waals surface area contributed by atoms with E-state index >= 15 is 0 Å². The summed E-state index contributed by atoms with van der Waals surface area (Å²) in [4.78, 5) is 23.1. The highest BCUT2D eigenvalue weighted by Crippen LogP contribution is 2.09. The Balaban J connectivity index is 1.78. The number of aliphatic hydroxyl groups is 1. The minimum atomic E-state index is -0.669. The van der Waals surface area contributed by atoms with E-state index in [0.717, 1.165) is 0 Å². The Hall–Kier alpha value is -1.99. The first-order valence-electron chi connectivity index (χ1n) is 5.61. The van der Waals surface area contributed by atoms with Crippen LogP contribution in [0.1, 0.15) is 10.5 Å². The van der Waals surface area contributed by atoms with Crippen molar-refractivity contribution >= 4 is 17.1 Å². The minimum Gasteiger partial charge on any atom is -0.388 e. The highest BCUT2D eigenvalue weighted by Gasteiger charge is 2.28. The molecule has 7 nitrogen and oxygen atoms in total. The molecule has 2 aromatic rings. The van der Waals surface area contributed by atoms with Gasteiger partial charge in [0, 0.05) is 6.20 Å². The van der Waals surface area contributed by atoms with Crippen LogP contribution in [0.3, 0.4) is 0 Å². The zero-order valence-corrected chi connectivity index (χ0v) is 9.46. The summed E-state index contributed by atoms with van der Waals surface area (Å²) >= 11 is 0. The van der Waals surface area contributed by atoms with Gasteiger partial charge in [0.05, 0.1) is 31.6 Å². The van der Waals surface area contributed by atoms with Crippen LogP contribution >= 0.6 is 0 Å². The molecule has 1 amide bonds. The van der Waals surface area contributed by atoms with Gasteiger partial charge in [0.25, 0.3) is 5.91 Å². The number of aromatic nitrogens is 3. The van der Waals surface area contributed by atoms with Gasteiger partial charge < -0.3 is 20.1 Å². The van der Waals surface area contributed by atoms with Crippen molar-refractivity contribution in [2.75, 3.05) is 13.2 Å². The number of carbonyl (C=O) groups is 1. The largest absolute Gasteiger partial charge is 0.388 e. The van der Waals surface area contributed by atoms with Crippen molar-refractivity contribution in [3.8, 4) is 0 Å². The van der Waals surface area contributed by atoms with E-state index in [2.05, 4.69) is 20.3 Å². The Morgan fingerprint density at radius 2 is 2.44 bits per heavy atom. The van der Waals surface area contributed by atoms with Gasteiger partial charge in [-0.1, -0.05) is 0 Å². The molecule has 0 spiro atoms. The second-order valence-corrected chi connectivity index (χ2v) is 4.15. The fourth-order valence-corrected chi connectivity index (χ4v) is 1.86. The third-order valence-corrected chi connectivity index (χ3v) is 2.86. The first-order chi connectivity index (χ1) is 8.74. The molecule has 0 aromatic carbocycles. The van der Waals surface area contributed by atoms with Crippen molar-refractivity contribution in [1.29, 1.82) is 0 Å². The molecule has 7 heteroatoms. The number of aliphatic hydroxyl groups excluding tert-OH is 1. The molecule has 1 fully saturated rings. The average Bonchev–Trinajstić information content (AvgIpc) is 2.98. The Morgan fingerprint density at radius 1 is 1.56 bits per heavy atom. The number of fused-ring (bicyclic) bond motifs is 1. The van der Waals surface area contributed by atoms with Crippen LogP contribution in [0.25, 0.3) is 11.2 Å². The van der Waals surface area contributed by atoms with Crippen LogP contribution in [-0.2, 0) is 4.74 Å². The smallest absolute Gasteiger partial charge is 0.271 e. The van der Waals surface area contributed by atoms with Crippen LogP contribution in [0.5, 0.6) is 0 Å². The number of nitrogens with zero attached hydrogens (tertiary/aromatic N) is 2. The normalized spacial score (nSPS) is 23.4. The Kier molecular flexibility index (Phi) is 2.69. The number of rotatable bonds is 2. The highest BCUT2D eigenvalue weighted by molar-refractivity contribution is 5.93. The van der Waals surface area contributed by atoms with Gasteiger partial charge in [-0.05, 0) is 6.07 Å². The van der Waals surface area contributed by atoms with Gasteiger partial charge in [-0.15, -0.1) is 0 Å². The Labute approximate surface area is 102 Å². The van der Waals surface area contributed by atoms with Crippen molar-refractivity contribution in [1.82, 2.24) is 20.3 Å². The SMILES string of the molecule is O=C(N[C@@H]1COC[C@H]1O)c1cnc2[nH]ccc2n1.